The molecule has 1 saturated carbocycles. The van der Waals surface area contributed by atoms with Crippen LogP contribution < -0.4 is 15.9 Å². The van der Waals surface area contributed by atoms with Crippen LogP contribution in [0.4, 0.5) is 11.8 Å². The van der Waals surface area contributed by atoms with E-state index in [2.05, 4.69) is 49.9 Å². The molecule has 4 aromatic rings. The van der Waals surface area contributed by atoms with E-state index in [1.807, 2.05) is 17.0 Å². The number of anilines is 2. The monoisotopic (exact) mass is 500 g/mol. The highest BCUT2D eigenvalue weighted by Gasteiger charge is 2.20. The molecule has 0 radical (unpaired) electrons. The second kappa shape index (κ2) is 11.9. The van der Waals surface area contributed by atoms with Crippen LogP contribution in [-0.2, 0) is 13.0 Å². The average molecular weight is 501 g/mol. The van der Waals surface area contributed by atoms with Gasteiger partial charge in [-0.2, -0.15) is 0 Å². The SMILES string of the molecule is [O-][NH+](O)Cc1ccc(NCCNc2ncc(-n3ccnc3)c(-c3ccc(CCCC4CC4)cc3)n2)nc1. The minimum Gasteiger partial charge on any atom is -0.600 e. The number of benzene rings is 1. The molecule has 0 saturated heterocycles. The first-order valence-electron chi connectivity index (χ1n) is 12.7. The van der Waals surface area contributed by atoms with Gasteiger partial charge in [0.15, 0.2) is 0 Å². The molecule has 1 aromatic carbocycles. The quantitative estimate of drug-likeness (QED) is 0.163. The van der Waals surface area contributed by atoms with Gasteiger partial charge in [0.05, 0.1) is 23.9 Å². The van der Waals surface area contributed by atoms with Crippen molar-refractivity contribution in [3.63, 3.8) is 0 Å². The van der Waals surface area contributed by atoms with Gasteiger partial charge in [-0.05, 0) is 36.5 Å². The summed E-state index contributed by atoms with van der Waals surface area (Å²) in [5.41, 5.74) is 4.76. The summed E-state index contributed by atoms with van der Waals surface area (Å²) in [6.07, 6.45) is 15.3. The minimum atomic E-state index is -0.870. The molecule has 3 aromatic heterocycles. The topological polar surface area (TPSA) is 128 Å². The van der Waals surface area contributed by atoms with E-state index < -0.39 is 5.23 Å². The van der Waals surface area contributed by atoms with Crippen molar-refractivity contribution >= 4 is 11.8 Å². The third-order valence-corrected chi connectivity index (χ3v) is 6.45. The van der Waals surface area contributed by atoms with E-state index in [0.29, 0.717) is 30.4 Å². The number of nitrogens with one attached hydrogen (secondary N) is 3. The van der Waals surface area contributed by atoms with Crippen LogP contribution in [0.2, 0.25) is 0 Å². The molecule has 192 valence electrons. The molecule has 0 amide bonds. The van der Waals surface area contributed by atoms with Crippen molar-refractivity contribution in [2.45, 2.75) is 38.6 Å². The number of quaternary nitrogens is 1. The van der Waals surface area contributed by atoms with Crippen LogP contribution in [0.5, 0.6) is 0 Å². The molecule has 0 aliphatic heterocycles. The first kappa shape index (κ1) is 24.8. The van der Waals surface area contributed by atoms with Crippen molar-refractivity contribution in [3.8, 4) is 16.9 Å². The predicted molar refractivity (Wildman–Crippen MR) is 141 cm³/mol. The van der Waals surface area contributed by atoms with E-state index in [-0.39, 0.29) is 6.54 Å². The van der Waals surface area contributed by atoms with Crippen LogP contribution in [0.15, 0.2) is 67.5 Å². The number of hydrogen-bond donors (Lipinski definition) is 4. The molecule has 0 spiro atoms. The summed E-state index contributed by atoms with van der Waals surface area (Å²) in [6.45, 7) is 1.15. The summed E-state index contributed by atoms with van der Waals surface area (Å²) in [7, 11) is 0. The number of hydroxylamine groups is 2. The van der Waals surface area contributed by atoms with E-state index in [1.165, 1.54) is 31.2 Å². The van der Waals surface area contributed by atoms with Crippen molar-refractivity contribution in [2.75, 3.05) is 23.7 Å². The molecule has 10 nitrogen and oxygen atoms in total. The molecule has 1 fully saturated rings. The lowest BCUT2D eigenvalue weighted by Crippen LogP contribution is -3.03. The molecular formula is C27H32N8O2. The Morgan fingerprint density at radius 3 is 2.51 bits per heavy atom. The van der Waals surface area contributed by atoms with Gasteiger partial charge < -0.3 is 20.4 Å². The maximum absolute atomic E-state index is 10.8. The Morgan fingerprint density at radius 1 is 1.00 bits per heavy atom. The zero-order chi connectivity index (χ0) is 25.5. The summed E-state index contributed by atoms with van der Waals surface area (Å²) in [4.78, 5) is 17.8. The largest absolute Gasteiger partial charge is 0.600 e. The van der Waals surface area contributed by atoms with Gasteiger partial charge in [0.1, 0.15) is 12.4 Å². The van der Waals surface area contributed by atoms with Crippen LogP contribution in [0, 0.1) is 11.1 Å². The van der Waals surface area contributed by atoms with E-state index in [0.717, 1.165) is 29.3 Å². The maximum Gasteiger partial charge on any atom is 0.223 e. The maximum atomic E-state index is 10.8. The Kier molecular flexibility index (Phi) is 7.99. The fourth-order valence-corrected chi connectivity index (χ4v) is 4.27. The van der Waals surface area contributed by atoms with Gasteiger partial charge in [-0.25, -0.2) is 30.4 Å². The second-order valence-corrected chi connectivity index (χ2v) is 9.41. The van der Waals surface area contributed by atoms with Gasteiger partial charge in [-0.3, -0.25) is 0 Å². The van der Waals surface area contributed by atoms with Crippen molar-refractivity contribution < 1.29 is 10.4 Å². The molecule has 10 heteroatoms. The van der Waals surface area contributed by atoms with Gasteiger partial charge in [0.25, 0.3) is 0 Å². The highest BCUT2D eigenvalue weighted by molar-refractivity contribution is 5.70. The molecule has 5 rings (SSSR count). The molecule has 0 bridgehead atoms. The summed E-state index contributed by atoms with van der Waals surface area (Å²) in [6, 6.07) is 12.2. The van der Waals surface area contributed by atoms with E-state index in [1.54, 1.807) is 30.9 Å². The Bertz CT molecular complexity index is 1260. The van der Waals surface area contributed by atoms with Crippen LogP contribution in [0.1, 0.15) is 36.8 Å². The van der Waals surface area contributed by atoms with Crippen LogP contribution >= 0.6 is 0 Å². The predicted octanol–water partition coefficient (Wildman–Crippen LogP) is 3.25. The van der Waals surface area contributed by atoms with Crippen molar-refractivity contribution in [1.82, 2.24) is 24.5 Å². The Balaban J connectivity index is 1.22. The van der Waals surface area contributed by atoms with Gasteiger partial charge in [0, 0.05) is 42.8 Å². The normalized spacial score (nSPS) is 13.9. The number of rotatable bonds is 13. The Hall–Kier alpha value is -3.86. The summed E-state index contributed by atoms with van der Waals surface area (Å²) >= 11 is 0. The number of imidazole rings is 1. The van der Waals surface area contributed by atoms with Crippen molar-refractivity contribution in [1.29, 1.82) is 0 Å². The summed E-state index contributed by atoms with van der Waals surface area (Å²) in [5, 5.41) is 25.3. The zero-order valence-corrected chi connectivity index (χ0v) is 20.7. The lowest BCUT2D eigenvalue weighted by molar-refractivity contribution is -1.06. The van der Waals surface area contributed by atoms with E-state index in [4.69, 9.17) is 10.2 Å². The lowest BCUT2D eigenvalue weighted by atomic mass is 10.0. The van der Waals surface area contributed by atoms with Gasteiger partial charge in [-0.15, -0.1) is 0 Å². The molecule has 1 aliphatic rings. The lowest BCUT2D eigenvalue weighted by Gasteiger charge is -2.13. The third kappa shape index (κ3) is 7.10. The van der Waals surface area contributed by atoms with E-state index >= 15 is 0 Å². The number of nitrogens with zero attached hydrogens (tertiary/aromatic N) is 5. The van der Waals surface area contributed by atoms with Crippen LogP contribution in [0.25, 0.3) is 16.9 Å². The molecule has 1 atom stereocenters. The summed E-state index contributed by atoms with van der Waals surface area (Å²) < 4.78 is 1.92. The van der Waals surface area contributed by atoms with Gasteiger partial charge in [0.2, 0.25) is 5.95 Å². The van der Waals surface area contributed by atoms with Crippen molar-refractivity contribution in [3.05, 3.63) is 83.8 Å². The second-order valence-electron chi connectivity index (χ2n) is 9.41. The first-order valence-corrected chi connectivity index (χ1v) is 12.7. The Morgan fingerprint density at radius 2 is 1.81 bits per heavy atom. The standard InChI is InChI=1S/C27H32N8O2/c36-35(37)18-22-8-11-25(31-16-22)29-12-13-30-27-32-17-24(34-15-14-28-19-34)26(33-27)23-9-6-21(7-10-23)3-1-2-20-4-5-20/h6-11,14-17,19-20,35-36H,1-5,12-13,18H2,(H,29,31)(H,30,32,33). The fraction of sp³-hybridized carbons (Fsp3) is 0.333. The number of aryl methyl sites for hydroxylation is 1. The highest BCUT2D eigenvalue weighted by atomic mass is 16.8. The average Bonchev–Trinajstić information content (AvgIpc) is 3.57. The highest BCUT2D eigenvalue weighted by Crippen LogP contribution is 2.34. The van der Waals surface area contributed by atoms with Gasteiger partial charge >= 0.3 is 0 Å². The minimum absolute atomic E-state index is 0.0350. The zero-order valence-electron chi connectivity index (χ0n) is 20.7. The molecule has 3 heterocycles. The molecule has 37 heavy (non-hydrogen) atoms. The molecule has 1 aliphatic carbocycles. The first-order chi connectivity index (χ1) is 18.1. The van der Waals surface area contributed by atoms with E-state index in [9.17, 15) is 5.21 Å². The molecule has 4 N–H and O–H groups in total. The van der Waals surface area contributed by atoms with Crippen molar-refractivity contribution in [2.24, 2.45) is 5.92 Å². The summed E-state index contributed by atoms with van der Waals surface area (Å²) in [5.74, 6) is 2.20. The van der Waals surface area contributed by atoms with Crippen LogP contribution in [-0.4, -0.2) is 42.8 Å². The number of aromatic nitrogens is 5. The molecular weight excluding hydrogens is 468 g/mol. The third-order valence-electron chi connectivity index (χ3n) is 6.45. The molecule has 1 unspecified atom stereocenters. The number of pyridine rings is 1. The van der Waals surface area contributed by atoms with Gasteiger partial charge in [-0.1, -0.05) is 43.5 Å². The smallest absolute Gasteiger partial charge is 0.223 e. The Labute approximate surface area is 216 Å². The fourth-order valence-electron chi connectivity index (χ4n) is 4.27. The number of hydrogen-bond acceptors (Lipinski definition) is 8. The van der Waals surface area contributed by atoms with Crippen LogP contribution in [0.3, 0.4) is 0 Å².